The molecule has 1 aromatic carbocycles. The van der Waals surface area contributed by atoms with Gasteiger partial charge in [-0.1, -0.05) is 17.2 Å². The molecule has 2 amide bonds. The van der Waals surface area contributed by atoms with Crippen LogP contribution in [0, 0.1) is 0 Å². The first-order chi connectivity index (χ1) is 9.58. The number of hydroxylamine groups is 2. The van der Waals surface area contributed by atoms with E-state index in [1.54, 1.807) is 25.4 Å². The summed E-state index contributed by atoms with van der Waals surface area (Å²) in [6, 6.07) is 7.71. The molecule has 0 fully saturated rings. The molecule has 0 radical (unpaired) electrons. The number of aryl methyl sites for hydroxylation is 1. The number of nitrogens with zero attached hydrogens (tertiary/aromatic N) is 3. The molecule has 1 aromatic heterocycles. The van der Waals surface area contributed by atoms with Gasteiger partial charge >= 0.3 is 5.97 Å². The molecule has 0 unspecified atom stereocenters. The van der Waals surface area contributed by atoms with E-state index in [1.807, 2.05) is 0 Å². The van der Waals surface area contributed by atoms with Crippen LogP contribution in [0.3, 0.4) is 0 Å². The number of carbonyl (C=O) groups excluding carboxylic acids is 3. The van der Waals surface area contributed by atoms with Crippen LogP contribution in [-0.2, 0) is 11.9 Å². The van der Waals surface area contributed by atoms with Crippen LogP contribution in [0.5, 0.6) is 0 Å². The minimum atomic E-state index is -0.861. The van der Waals surface area contributed by atoms with Crippen molar-refractivity contribution in [2.24, 2.45) is 7.05 Å². The summed E-state index contributed by atoms with van der Waals surface area (Å²) in [5.41, 5.74) is 0.446. The molecule has 1 aliphatic rings. The molecular formula is C13H9N3O4. The number of fused-ring (bicyclic) bond motifs is 1. The van der Waals surface area contributed by atoms with Gasteiger partial charge in [0.1, 0.15) is 0 Å². The maximum Gasteiger partial charge on any atom is 0.384 e. The Bertz CT molecular complexity index is 700. The molecule has 1 aliphatic heterocycles. The minimum Gasteiger partial charge on any atom is -0.322 e. The molecule has 7 nitrogen and oxygen atoms in total. The molecule has 0 spiro atoms. The van der Waals surface area contributed by atoms with E-state index in [4.69, 9.17) is 4.84 Å². The predicted octanol–water partition coefficient (Wildman–Crippen LogP) is 0.788. The molecule has 0 saturated heterocycles. The van der Waals surface area contributed by atoms with Crippen molar-refractivity contribution in [1.82, 2.24) is 14.8 Å². The van der Waals surface area contributed by atoms with Crippen molar-refractivity contribution in [2.45, 2.75) is 0 Å². The Morgan fingerprint density at radius 2 is 1.70 bits per heavy atom. The van der Waals surface area contributed by atoms with E-state index in [0.717, 1.165) is 0 Å². The largest absolute Gasteiger partial charge is 0.384 e. The third-order valence-corrected chi connectivity index (χ3v) is 2.85. The number of imide groups is 1. The van der Waals surface area contributed by atoms with E-state index >= 15 is 0 Å². The molecule has 0 aliphatic carbocycles. The van der Waals surface area contributed by atoms with Gasteiger partial charge in [-0.05, 0) is 18.2 Å². The third-order valence-electron chi connectivity index (χ3n) is 2.85. The second kappa shape index (κ2) is 4.30. The van der Waals surface area contributed by atoms with Gasteiger partial charge < -0.3 is 4.84 Å². The molecule has 0 bridgehead atoms. The number of carbonyl (C=O) groups is 3. The van der Waals surface area contributed by atoms with Crippen molar-refractivity contribution in [1.29, 1.82) is 0 Å². The van der Waals surface area contributed by atoms with E-state index in [9.17, 15) is 14.4 Å². The molecule has 2 aromatic rings. The fraction of sp³-hybridized carbons (Fsp3) is 0.0769. The van der Waals surface area contributed by atoms with Crippen LogP contribution in [-0.4, -0.2) is 32.6 Å². The standard InChI is InChI=1S/C13H9N3O4/c1-15-7-6-10(14-15)13(19)20-16-11(17)8-4-2-3-5-9(8)12(16)18/h2-7H,1H3. The summed E-state index contributed by atoms with van der Waals surface area (Å²) in [4.78, 5) is 40.6. The lowest BCUT2D eigenvalue weighted by Crippen LogP contribution is -2.32. The van der Waals surface area contributed by atoms with Gasteiger partial charge in [-0.15, -0.1) is 0 Å². The highest BCUT2D eigenvalue weighted by molar-refractivity contribution is 6.21. The van der Waals surface area contributed by atoms with Crippen molar-refractivity contribution in [2.75, 3.05) is 0 Å². The molecule has 3 rings (SSSR count). The normalized spacial score (nSPS) is 13.6. The zero-order valence-corrected chi connectivity index (χ0v) is 10.4. The average Bonchev–Trinajstić information content (AvgIpc) is 2.98. The molecule has 0 N–H and O–H groups in total. The fourth-order valence-corrected chi connectivity index (χ4v) is 1.90. The van der Waals surface area contributed by atoms with Gasteiger partial charge in [0.15, 0.2) is 5.69 Å². The molecule has 7 heteroatoms. The van der Waals surface area contributed by atoms with Gasteiger partial charge in [0, 0.05) is 13.2 Å². The number of amides is 2. The van der Waals surface area contributed by atoms with Crippen LogP contribution >= 0.6 is 0 Å². The molecule has 20 heavy (non-hydrogen) atoms. The number of benzene rings is 1. The summed E-state index contributed by atoms with van der Waals surface area (Å²) >= 11 is 0. The molecule has 2 heterocycles. The van der Waals surface area contributed by atoms with E-state index in [0.29, 0.717) is 5.06 Å². The van der Waals surface area contributed by atoms with E-state index in [2.05, 4.69) is 5.10 Å². The lowest BCUT2D eigenvalue weighted by atomic mass is 10.1. The lowest BCUT2D eigenvalue weighted by molar-refractivity contribution is -0.0588. The predicted molar refractivity (Wildman–Crippen MR) is 65.6 cm³/mol. The number of rotatable bonds is 2. The van der Waals surface area contributed by atoms with Crippen molar-refractivity contribution in [3.05, 3.63) is 53.3 Å². The minimum absolute atomic E-state index is 0.0176. The Labute approximate surface area is 113 Å². The van der Waals surface area contributed by atoms with E-state index in [-0.39, 0.29) is 16.8 Å². The lowest BCUT2D eigenvalue weighted by Gasteiger charge is -2.11. The highest BCUT2D eigenvalue weighted by Gasteiger charge is 2.39. The fourth-order valence-electron chi connectivity index (χ4n) is 1.90. The average molecular weight is 271 g/mol. The summed E-state index contributed by atoms with van der Waals surface area (Å²) in [7, 11) is 1.64. The summed E-state index contributed by atoms with van der Waals surface area (Å²) < 4.78 is 1.42. The quantitative estimate of drug-likeness (QED) is 0.754. The summed E-state index contributed by atoms with van der Waals surface area (Å²) in [5, 5.41) is 4.30. The van der Waals surface area contributed by atoms with Gasteiger partial charge in [-0.25, -0.2) is 4.79 Å². The van der Waals surface area contributed by atoms with Gasteiger partial charge in [0.2, 0.25) is 0 Å². The Kier molecular flexibility index (Phi) is 2.60. The Morgan fingerprint density at radius 3 is 2.20 bits per heavy atom. The molecule has 0 atom stereocenters. The summed E-state index contributed by atoms with van der Waals surface area (Å²) in [5.74, 6) is -2.18. The van der Waals surface area contributed by atoms with E-state index in [1.165, 1.54) is 22.9 Å². The Hall–Kier alpha value is -2.96. The smallest absolute Gasteiger partial charge is 0.322 e. The first-order valence-electron chi connectivity index (χ1n) is 5.77. The first kappa shape index (κ1) is 12.1. The maximum atomic E-state index is 12.0. The van der Waals surface area contributed by atoms with Gasteiger partial charge in [0.05, 0.1) is 11.1 Å². The van der Waals surface area contributed by atoms with Crippen molar-refractivity contribution in [3.8, 4) is 0 Å². The second-order valence-corrected chi connectivity index (χ2v) is 4.20. The van der Waals surface area contributed by atoms with E-state index < -0.39 is 17.8 Å². The topological polar surface area (TPSA) is 81.5 Å². The van der Waals surface area contributed by atoms with Crippen LogP contribution in [0.25, 0.3) is 0 Å². The zero-order valence-electron chi connectivity index (χ0n) is 10.4. The zero-order chi connectivity index (χ0) is 14.3. The Balaban J connectivity index is 1.85. The highest BCUT2D eigenvalue weighted by atomic mass is 16.7. The SMILES string of the molecule is Cn1ccc(C(=O)ON2C(=O)c3ccccc3C2=O)n1. The second-order valence-electron chi connectivity index (χ2n) is 4.20. The summed E-state index contributed by atoms with van der Waals surface area (Å²) in [6.07, 6.45) is 1.55. The van der Waals surface area contributed by atoms with Crippen molar-refractivity contribution in [3.63, 3.8) is 0 Å². The van der Waals surface area contributed by atoms with Crippen LogP contribution in [0.4, 0.5) is 0 Å². The monoisotopic (exact) mass is 271 g/mol. The van der Waals surface area contributed by atoms with Gasteiger partial charge in [-0.2, -0.15) is 5.10 Å². The van der Waals surface area contributed by atoms with Crippen molar-refractivity contribution >= 4 is 17.8 Å². The molecular weight excluding hydrogens is 262 g/mol. The van der Waals surface area contributed by atoms with Crippen molar-refractivity contribution < 1.29 is 19.2 Å². The molecule has 0 saturated carbocycles. The van der Waals surface area contributed by atoms with Gasteiger partial charge in [0.25, 0.3) is 11.8 Å². The van der Waals surface area contributed by atoms with Crippen LogP contribution in [0.1, 0.15) is 31.2 Å². The number of hydrogen-bond donors (Lipinski definition) is 0. The highest BCUT2D eigenvalue weighted by Crippen LogP contribution is 2.23. The first-order valence-corrected chi connectivity index (χ1v) is 5.77. The van der Waals surface area contributed by atoms with Gasteiger partial charge in [-0.3, -0.25) is 14.3 Å². The third kappa shape index (κ3) is 1.76. The Morgan fingerprint density at radius 1 is 1.10 bits per heavy atom. The van der Waals surface area contributed by atoms with Crippen LogP contribution in [0.2, 0.25) is 0 Å². The number of hydrogen-bond acceptors (Lipinski definition) is 5. The maximum absolute atomic E-state index is 12.0. The molecule has 100 valence electrons. The summed E-state index contributed by atoms with van der Waals surface area (Å²) in [6.45, 7) is 0. The number of aromatic nitrogens is 2. The van der Waals surface area contributed by atoms with Crippen LogP contribution in [0.15, 0.2) is 36.5 Å². The van der Waals surface area contributed by atoms with Crippen LogP contribution < -0.4 is 0 Å².